The molecule has 10 heavy (non-hydrogen) atoms. The summed E-state index contributed by atoms with van der Waals surface area (Å²) in [4.78, 5) is 0. The van der Waals surface area contributed by atoms with Gasteiger partial charge in [0.2, 0.25) is 0 Å². The molecule has 0 radical (unpaired) electrons. The Balaban J connectivity index is 2.64. The molecule has 0 heterocycles. The standard InChI is InChI=1S/C10H14/c1-10(2,3)9-7-5-4-6-8-9/h4-8H,1-3H3/q-2. The highest BCUT2D eigenvalue weighted by atomic mass is 14.2. The molecule has 1 aliphatic rings. The molecular formula is C10H14-2. The highest BCUT2D eigenvalue weighted by Gasteiger charge is 2.07. The number of allylic oxidation sites excluding steroid dienone is 4. The molecule has 56 valence electrons. The largest absolute Gasteiger partial charge is 0.281 e. The quantitative estimate of drug-likeness (QED) is 0.447. The maximum absolute atomic E-state index is 2.22. The molecule has 0 atom stereocenters. The molecular weight excluding hydrogens is 120 g/mol. The SMILES string of the molecule is CC(C)(C)[C-]1C=C[CH-]C=C1. The minimum absolute atomic E-state index is 0.293. The van der Waals surface area contributed by atoms with Gasteiger partial charge in [-0.3, -0.25) is 36.6 Å². The second-order valence-electron chi connectivity index (χ2n) is 3.62. The molecule has 0 bridgehead atoms. The summed E-state index contributed by atoms with van der Waals surface area (Å²) in [6, 6.07) is 0. The molecule has 0 fully saturated rings. The zero-order valence-corrected chi connectivity index (χ0v) is 6.89. The fraction of sp³-hybridized carbons (Fsp3) is 0.400. The average Bonchev–Trinajstić information content (AvgIpc) is 1.88. The van der Waals surface area contributed by atoms with Gasteiger partial charge in [-0.05, 0) is 0 Å². The predicted molar refractivity (Wildman–Crippen MR) is 45.3 cm³/mol. The second kappa shape index (κ2) is 2.45. The summed E-state index contributed by atoms with van der Waals surface area (Å²) >= 11 is 0. The van der Waals surface area contributed by atoms with E-state index in [4.69, 9.17) is 0 Å². The Hall–Kier alpha value is -0.780. The van der Waals surface area contributed by atoms with Gasteiger partial charge in [0.05, 0.1) is 0 Å². The average molecular weight is 134 g/mol. The lowest BCUT2D eigenvalue weighted by Gasteiger charge is -2.40. The smallest absolute Gasteiger partial charge is 0.0686 e. The van der Waals surface area contributed by atoms with E-state index in [2.05, 4.69) is 51.5 Å². The van der Waals surface area contributed by atoms with Crippen LogP contribution in [0.25, 0.3) is 0 Å². The summed E-state index contributed by atoms with van der Waals surface area (Å²) in [5, 5.41) is 0. The Morgan fingerprint density at radius 2 is 1.60 bits per heavy atom. The van der Waals surface area contributed by atoms with Crippen LogP contribution in [0.15, 0.2) is 24.3 Å². The first-order valence-electron chi connectivity index (χ1n) is 3.66. The van der Waals surface area contributed by atoms with E-state index >= 15 is 0 Å². The van der Waals surface area contributed by atoms with Crippen molar-refractivity contribution in [1.82, 2.24) is 0 Å². The molecule has 1 rings (SSSR count). The van der Waals surface area contributed by atoms with Crippen LogP contribution in [0.1, 0.15) is 20.8 Å². The fourth-order valence-corrected chi connectivity index (χ4v) is 0.938. The van der Waals surface area contributed by atoms with Crippen molar-refractivity contribution in [2.45, 2.75) is 20.8 Å². The lowest BCUT2D eigenvalue weighted by atomic mass is 9.79. The first-order valence-corrected chi connectivity index (χ1v) is 3.66. The summed E-state index contributed by atoms with van der Waals surface area (Å²) in [5.74, 6) is 1.40. The molecule has 0 unspecified atom stereocenters. The first kappa shape index (κ1) is 7.33. The van der Waals surface area contributed by atoms with Crippen molar-refractivity contribution in [1.29, 1.82) is 0 Å². The normalized spacial score (nSPS) is 17.3. The summed E-state index contributed by atoms with van der Waals surface area (Å²) in [6.07, 6.45) is 10.6. The Kier molecular flexibility index (Phi) is 1.80. The maximum atomic E-state index is 2.22. The van der Waals surface area contributed by atoms with Crippen LogP contribution < -0.4 is 0 Å². The minimum Gasteiger partial charge on any atom is -0.281 e. The van der Waals surface area contributed by atoms with Crippen LogP contribution in [-0.2, 0) is 0 Å². The van der Waals surface area contributed by atoms with Crippen molar-refractivity contribution in [3.05, 3.63) is 36.6 Å². The Morgan fingerprint density at radius 3 is 1.90 bits per heavy atom. The van der Waals surface area contributed by atoms with Crippen LogP contribution in [0.5, 0.6) is 0 Å². The van der Waals surface area contributed by atoms with Gasteiger partial charge in [-0.1, -0.05) is 26.2 Å². The third-order valence-corrected chi connectivity index (χ3v) is 1.64. The molecule has 0 heteroatoms. The Morgan fingerprint density at radius 1 is 1.10 bits per heavy atom. The van der Waals surface area contributed by atoms with Gasteiger partial charge < -0.3 is 0 Å². The molecule has 1 aliphatic carbocycles. The highest BCUT2D eigenvalue weighted by molar-refractivity contribution is 5.35. The first-order chi connectivity index (χ1) is 4.61. The molecule has 0 saturated heterocycles. The number of hydrogen-bond donors (Lipinski definition) is 0. The monoisotopic (exact) mass is 134 g/mol. The van der Waals surface area contributed by atoms with Crippen molar-refractivity contribution in [3.63, 3.8) is 0 Å². The zero-order valence-electron chi connectivity index (χ0n) is 6.89. The molecule has 0 N–H and O–H groups in total. The van der Waals surface area contributed by atoms with E-state index in [0.29, 0.717) is 5.41 Å². The summed E-state index contributed by atoms with van der Waals surface area (Å²) in [6.45, 7) is 6.67. The van der Waals surface area contributed by atoms with Crippen molar-refractivity contribution >= 4 is 0 Å². The summed E-state index contributed by atoms with van der Waals surface area (Å²) in [5.41, 5.74) is 0.293. The molecule has 0 aromatic carbocycles. The van der Waals surface area contributed by atoms with Gasteiger partial charge in [-0.25, -0.2) is 0 Å². The molecule has 0 aliphatic heterocycles. The van der Waals surface area contributed by atoms with Gasteiger partial charge in [-0.15, -0.1) is 0 Å². The van der Waals surface area contributed by atoms with Crippen molar-refractivity contribution in [3.8, 4) is 0 Å². The third-order valence-electron chi connectivity index (χ3n) is 1.64. The Bertz CT molecular complexity index is 143. The fourth-order valence-electron chi connectivity index (χ4n) is 0.938. The molecule has 0 nitrogen and oxygen atoms in total. The summed E-state index contributed by atoms with van der Waals surface area (Å²) < 4.78 is 0. The third kappa shape index (κ3) is 1.60. The van der Waals surface area contributed by atoms with Crippen molar-refractivity contribution < 1.29 is 0 Å². The predicted octanol–water partition coefficient (Wildman–Crippen LogP) is 2.94. The van der Waals surface area contributed by atoms with Crippen LogP contribution in [0, 0.1) is 17.8 Å². The lowest BCUT2D eigenvalue weighted by molar-refractivity contribution is 0.473. The Labute approximate surface area is 63.6 Å². The maximum Gasteiger partial charge on any atom is -0.0686 e. The summed E-state index contributed by atoms with van der Waals surface area (Å²) in [7, 11) is 0. The van der Waals surface area contributed by atoms with E-state index in [9.17, 15) is 0 Å². The highest BCUT2D eigenvalue weighted by Crippen LogP contribution is 2.31. The van der Waals surface area contributed by atoms with Crippen LogP contribution in [0.3, 0.4) is 0 Å². The van der Waals surface area contributed by atoms with Gasteiger partial charge in [0.15, 0.2) is 0 Å². The van der Waals surface area contributed by atoms with Crippen LogP contribution in [-0.4, -0.2) is 0 Å². The van der Waals surface area contributed by atoms with Crippen LogP contribution in [0.2, 0.25) is 0 Å². The van der Waals surface area contributed by atoms with Crippen LogP contribution in [0.4, 0.5) is 0 Å². The molecule has 0 amide bonds. The molecule has 0 spiro atoms. The zero-order chi connectivity index (χ0) is 7.61. The van der Waals surface area contributed by atoms with E-state index in [1.807, 2.05) is 0 Å². The van der Waals surface area contributed by atoms with Gasteiger partial charge >= 0.3 is 0 Å². The molecule has 0 aromatic heterocycles. The van der Waals surface area contributed by atoms with Crippen molar-refractivity contribution in [2.24, 2.45) is 5.41 Å². The second-order valence-corrected chi connectivity index (χ2v) is 3.62. The lowest BCUT2D eigenvalue weighted by Crippen LogP contribution is -2.14. The van der Waals surface area contributed by atoms with Gasteiger partial charge in [0.1, 0.15) is 0 Å². The van der Waals surface area contributed by atoms with E-state index in [1.165, 1.54) is 5.92 Å². The molecule has 0 saturated carbocycles. The van der Waals surface area contributed by atoms with Gasteiger partial charge in [-0.2, -0.15) is 0 Å². The van der Waals surface area contributed by atoms with E-state index < -0.39 is 0 Å². The minimum atomic E-state index is 0.293. The van der Waals surface area contributed by atoms with Crippen LogP contribution >= 0.6 is 0 Å². The van der Waals surface area contributed by atoms with E-state index in [-0.39, 0.29) is 0 Å². The number of hydrogen-bond acceptors (Lipinski definition) is 0. The molecule has 0 aromatic rings. The topological polar surface area (TPSA) is 0 Å². The van der Waals surface area contributed by atoms with E-state index in [0.717, 1.165) is 0 Å². The van der Waals surface area contributed by atoms with Gasteiger partial charge in [0, 0.05) is 0 Å². The van der Waals surface area contributed by atoms with Crippen molar-refractivity contribution in [2.75, 3.05) is 0 Å². The number of rotatable bonds is 0. The van der Waals surface area contributed by atoms with Gasteiger partial charge in [0.25, 0.3) is 0 Å². The van der Waals surface area contributed by atoms with E-state index in [1.54, 1.807) is 0 Å².